The lowest BCUT2D eigenvalue weighted by molar-refractivity contribution is -0.123. The van der Waals surface area contributed by atoms with Crippen LogP contribution in [0.25, 0.3) is 10.6 Å². The molecule has 30 heavy (non-hydrogen) atoms. The Hall–Kier alpha value is -2.99. The maximum Gasteiger partial charge on any atom is 0.230 e. The zero-order valence-corrected chi connectivity index (χ0v) is 18.6. The quantitative estimate of drug-likeness (QED) is 0.549. The van der Waals surface area contributed by atoms with E-state index in [1.54, 1.807) is 24.3 Å². The van der Waals surface area contributed by atoms with Crippen molar-refractivity contribution < 1.29 is 9.59 Å². The number of carbonyl (C=O) groups is 2. The number of benzene rings is 2. The van der Waals surface area contributed by atoms with Crippen LogP contribution >= 0.6 is 11.3 Å². The summed E-state index contributed by atoms with van der Waals surface area (Å²) in [6, 6.07) is 15.5. The van der Waals surface area contributed by atoms with Gasteiger partial charge in [0.25, 0.3) is 0 Å². The van der Waals surface area contributed by atoms with Crippen LogP contribution in [0.1, 0.15) is 39.0 Å². The van der Waals surface area contributed by atoms with Crippen LogP contribution in [-0.2, 0) is 22.4 Å². The molecule has 0 unspecified atom stereocenters. The molecule has 6 heteroatoms. The van der Waals surface area contributed by atoms with Gasteiger partial charge < -0.3 is 10.6 Å². The zero-order chi connectivity index (χ0) is 21.7. The van der Waals surface area contributed by atoms with Crippen molar-refractivity contribution in [2.45, 2.75) is 40.5 Å². The number of hydrogen-bond acceptors (Lipinski definition) is 4. The van der Waals surface area contributed by atoms with Crippen LogP contribution in [0.3, 0.4) is 0 Å². The molecule has 0 spiro atoms. The molecule has 3 aromatic rings. The van der Waals surface area contributed by atoms with Gasteiger partial charge in [0.15, 0.2) is 0 Å². The molecular weight excluding hydrogens is 394 g/mol. The smallest absolute Gasteiger partial charge is 0.230 e. The number of thiazole rings is 1. The fourth-order valence-electron chi connectivity index (χ4n) is 2.77. The Labute approximate surface area is 181 Å². The number of nitrogens with zero attached hydrogens (tertiary/aromatic N) is 1. The van der Waals surface area contributed by atoms with E-state index in [9.17, 15) is 9.59 Å². The van der Waals surface area contributed by atoms with E-state index < -0.39 is 5.41 Å². The van der Waals surface area contributed by atoms with Gasteiger partial charge in [0, 0.05) is 27.7 Å². The minimum atomic E-state index is -0.488. The van der Waals surface area contributed by atoms with Crippen LogP contribution < -0.4 is 10.6 Å². The van der Waals surface area contributed by atoms with Gasteiger partial charge in [0.2, 0.25) is 11.8 Å². The highest BCUT2D eigenvalue weighted by atomic mass is 32.1. The van der Waals surface area contributed by atoms with Crippen LogP contribution in [0.2, 0.25) is 0 Å². The second kappa shape index (κ2) is 9.22. The normalized spacial score (nSPS) is 11.2. The summed E-state index contributed by atoms with van der Waals surface area (Å²) < 4.78 is 0. The van der Waals surface area contributed by atoms with E-state index in [0.29, 0.717) is 11.4 Å². The Kier molecular flexibility index (Phi) is 6.67. The highest BCUT2D eigenvalue weighted by Crippen LogP contribution is 2.25. The summed E-state index contributed by atoms with van der Waals surface area (Å²) in [5, 5.41) is 8.58. The Morgan fingerprint density at radius 2 is 1.67 bits per heavy atom. The number of aromatic nitrogens is 1. The first-order valence-electron chi connectivity index (χ1n) is 9.99. The van der Waals surface area contributed by atoms with Crippen LogP contribution in [0.15, 0.2) is 53.9 Å². The molecule has 156 valence electrons. The number of hydrogen-bond donors (Lipinski definition) is 2. The van der Waals surface area contributed by atoms with Gasteiger partial charge in [-0.1, -0.05) is 58.0 Å². The van der Waals surface area contributed by atoms with Crippen molar-refractivity contribution in [2.24, 2.45) is 5.41 Å². The first-order valence-corrected chi connectivity index (χ1v) is 10.9. The third kappa shape index (κ3) is 5.76. The minimum absolute atomic E-state index is 0.0760. The molecule has 1 heterocycles. The van der Waals surface area contributed by atoms with E-state index >= 15 is 0 Å². The Morgan fingerprint density at radius 1 is 1.00 bits per heavy atom. The summed E-state index contributed by atoms with van der Waals surface area (Å²) in [4.78, 5) is 29.2. The van der Waals surface area contributed by atoms with Crippen LogP contribution in [0.5, 0.6) is 0 Å². The second-order valence-corrected chi connectivity index (χ2v) is 9.06. The SMILES string of the molecule is CCc1ccc(-c2nc(CC(=O)Nc3cccc(NC(=O)C(C)(C)C)c3)cs2)cc1. The fraction of sp³-hybridized carbons (Fsp3) is 0.292. The van der Waals surface area contributed by atoms with Crippen LogP contribution in [0.4, 0.5) is 11.4 Å². The lowest BCUT2D eigenvalue weighted by atomic mass is 9.95. The fourth-order valence-corrected chi connectivity index (χ4v) is 3.59. The standard InChI is InChI=1S/C24H27N3O2S/c1-5-16-9-11-17(12-10-16)22-26-20(15-30-22)14-21(28)25-18-7-6-8-19(13-18)27-23(29)24(2,3)4/h6-13,15H,5,14H2,1-4H3,(H,25,28)(H,27,29). The van der Waals surface area contributed by atoms with Crippen molar-refractivity contribution in [3.63, 3.8) is 0 Å². The van der Waals surface area contributed by atoms with E-state index in [2.05, 4.69) is 46.8 Å². The van der Waals surface area contributed by atoms with Crippen molar-refractivity contribution in [1.82, 2.24) is 4.98 Å². The Morgan fingerprint density at radius 3 is 2.30 bits per heavy atom. The molecule has 2 aromatic carbocycles. The molecule has 0 saturated carbocycles. The number of anilines is 2. The monoisotopic (exact) mass is 421 g/mol. The average Bonchev–Trinajstić information content (AvgIpc) is 3.16. The van der Waals surface area contributed by atoms with Crippen molar-refractivity contribution in [2.75, 3.05) is 10.6 Å². The van der Waals surface area contributed by atoms with Gasteiger partial charge in [-0.25, -0.2) is 4.98 Å². The molecule has 2 N–H and O–H groups in total. The summed E-state index contributed by atoms with van der Waals surface area (Å²) in [6.45, 7) is 7.69. The number of nitrogens with one attached hydrogen (secondary N) is 2. The largest absolute Gasteiger partial charge is 0.326 e. The van der Waals surface area contributed by atoms with Gasteiger partial charge in [-0.15, -0.1) is 11.3 Å². The lowest BCUT2D eigenvalue weighted by Crippen LogP contribution is -2.27. The molecule has 0 bridgehead atoms. The Balaban J connectivity index is 1.61. The van der Waals surface area contributed by atoms with Crippen molar-refractivity contribution in [1.29, 1.82) is 0 Å². The molecule has 0 saturated heterocycles. The molecule has 0 aliphatic rings. The summed E-state index contributed by atoms with van der Waals surface area (Å²) >= 11 is 1.54. The molecule has 0 atom stereocenters. The summed E-state index contributed by atoms with van der Waals surface area (Å²) in [6.07, 6.45) is 1.20. The van der Waals surface area contributed by atoms with Crippen LogP contribution in [-0.4, -0.2) is 16.8 Å². The maximum atomic E-state index is 12.5. The van der Waals surface area contributed by atoms with Gasteiger partial charge >= 0.3 is 0 Å². The van der Waals surface area contributed by atoms with Crippen LogP contribution in [0, 0.1) is 5.41 Å². The van der Waals surface area contributed by atoms with Gasteiger partial charge in [-0.3, -0.25) is 9.59 Å². The number of aryl methyl sites for hydroxylation is 1. The Bertz CT molecular complexity index is 1030. The average molecular weight is 422 g/mol. The van der Waals surface area contributed by atoms with E-state index in [-0.39, 0.29) is 18.2 Å². The van der Waals surface area contributed by atoms with E-state index in [4.69, 9.17) is 0 Å². The van der Waals surface area contributed by atoms with Crippen molar-refractivity contribution >= 4 is 34.5 Å². The van der Waals surface area contributed by atoms with Crippen molar-refractivity contribution in [3.05, 3.63) is 65.2 Å². The van der Waals surface area contributed by atoms with Gasteiger partial charge in [-0.05, 0) is 30.2 Å². The van der Waals surface area contributed by atoms with Gasteiger partial charge in [0.1, 0.15) is 5.01 Å². The van der Waals surface area contributed by atoms with E-state index in [1.165, 1.54) is 16.9 Å². The molecular formula is C24H27N3O2S. The van der Waals surface area contributed by atoms with Gasteiger partial charge in [0.05, 0.1) is 12.1 Å². The van der Waals surface area contributed by atoms with E-state index in [0.717, 1.165) is 22.7 Å². The third-order valence-corrected chi connectivity index (χ3v) is 5.53. The molecule has 1 aromatic heterocycles. The number of amides is 2. The molecule has 5 nitrogen and oxygen atoms in total. The second-order valence-electron chi connectivity index (χ2n) is 8.20. The molecule has 2 amide bonds. The summed E-state index contributed by atoms with van der Waals surface area (Å²) in [7, 11) is 0. The first-order chi connectivity index (χ1) is 14.2. The molecule has 0 aliphatic carbocycles. The highest BCUT2D eigenvalue weighted by Gasteiger charge is 2.21. The predicted octanol–water partition coefficient (Wildman–Crippen LogP) is 5.54. The summed E-state index contributed by atoms with van der Waals surface area (Å²) in [5.41, 5.74) is 3.89. The zero-order valence-electron chi connectivity index (χ0n) is 17.8. The van der Waals surface area contributed by atoms with E-state index in [1.807, 2.05) is 26.2 Å². The lowest BCUT2D eigenvalue weighted by Gasteiger charge is -2.18. The summed E-state index contributed by atoms with van der Waals surface area (Å²) in [5.74, 6) is -0.222. The first kappa shape index (κ1) is 21.7. The minimum Gasteiger partial charge on any atom is -0.326 e. The number of rotatable bonds is 6. The molecule has 0 fully saturated rings. The number of carbonyl (C=O) groups excluding carboxylic acids is 2. The van der Waals surface area contributed by atoms with Gasteiger partial charge in [-0.2, -0.15) is 0 Å². The predicted molar refractivity (Wildman–Crippen MR) is 124 cm³/mol. The van der Waals surface area contributed by atoms with Crippen molar-refractivity contribution in [3.8, 4) is 10.6 Å². The molecule has 3 rings (SSSR count). The topological polar surface area (TPSA) is 71.1 Å². The highest BCUT2D eigenvalue weighted by molar-refractivity contribution is 7.13. The maximum absolute atomic E-state index is 12.5. The molecule has 0 radical (unpaired) electrons. The molecule has 0 aliphatic heterocycles. The third-order valence-electron chi connectivity index (χ3n) is 4.59.